The molecule has 0 N–H and O–H groups in total. The van der Waals surface area contributed by atoms with Crippen molar-refractivity contribution in [1.82, 2.24) is 4.90 Å². The van der Waals surface area contributed by atoms with Gasteiger partial charge < -0.3 is 9.32 Å². The molecule has 2 heterocycles. The summed E-state index contributed by atoms with van der Waals surface area (Å²) >= 11 is 6.41. The molecule has 0 saturated heterocycles. The molecule has 1 amide bonds. The number of hydrogen-bond acceptors (Lipinski definition) is 3. The number of halogens is 1. The summed E-state index contributed by atoms with van der Waals surface area (Å²) in [7, 11) is 0. The first-order valence-corrected chi connectivity index (χ1v) is 11.1. The van der Waals surface area contributed by atoms with Crippen molar-refractivity contribution in [3.05, 3.63) is 116 Å². The molecule has 1 atom stereocenters. The maximum atomic E-state index is 13.6. The summed E-state index contributed by atoms with van der Waals surface area (Å²) in [4.78, 5) is 28.8. The van der Waals surface area contributed by atoms with E-state index in [9.17, 15) is 9.59 Å². The van der Waals surface area contributed by atoms with Gasteiger partial charge in [-0.05, 0) is 48.2 Å². The molecule has 3 aromatic carbocycles. The van der Waals surface area contributed by atoms with E-state index in [0.29, 0.717) is 21.6 Å². The molecule has 5 rings (SSSR count). The van der Waals surface area contributed by atoms with E-state index in [4.69, 9.17) is 16.0 Å². The van der Waals surface area contributed by atoms with E-state index >= 15 is 0 Å². The molecule has 0 bridgehead atoms. The molecule has 0 unspecified atom stereocenters. The predicted octanol–water partition coefficient (Wildman–Crippen LogP) is 6.06. The number of aryl methyl sites for hydroxylation is 2. The molecule has 1 aromatic heterocycles. The van der Waals surface area contributed by atoms with Crippen LogP contribution in [-0.4, -0.2) is 10.8 Å². The zero-order chi connectivity index (χ0) is 22.4. The Morgan fingerprint density at radius 1 is 1.00 bits per heavy atom. The van der Waals surface area contributed by atoms with E-state index < -0.39 is 6.04 Å². The summed E-state index contributed by atoms with van der Waals surface area (Å²) in [6.45, 7) is 4.30. The Bertz CT molecular complexity index is 1410. The van der Waals surface area contributed by atoms with Crippen LogP contribution in [-0.2, 0) is 13.0 Å². The largest absolute Gasteiger partial charge is 0.450 e. The topological polar surface area (TPSA) is 50.5 Å². The van der Waals surface area contributed by atoms with Crippen molar-refractivity contribution in [2.24, 2.45) is 0 Å². The van der Waals surface area contributed by atoms with Crippen LogP contribution in [0.25, 0.3) is 11.0 Å². The predicted molar refractivity (Wildman–Crippen MR) is 126 cm³/mol. The van der Waals surface area contributed by atoms with Crippen LogP contribution in [0.3, 0.4) is 0 Å². The van der Waals surface area contributed by atoms with Crippen LogP contribution in [0.4, 0.5) is 0 Å². The average molecular weight is 444 g/mol. The van der Waals surface area contributed by atoms with Gasteiger partial charge in [-0.2, -0.15) is 0 Å². The summed E-state index contributed by atoms with van der Waals surface area (Å²) in [5, 5.41) is 1.07. The quantitative estimate of drug-likeness (QED) is 0.385. The zero-order valence-corrected chi connectivity index (χ0v) is 18.6. The third-order valence-electron chi connectivity index (χ3n) is 6.12. The molecule has 32 heavy (non-hydrogen) atoms. The number of rotatable bonds is 4. The number of benzene rings is 3. The first kappa shape index (κ1) is 20.5. The summed E-state index contributed by atoms with van der Waals surface area (Å²) in [5.74, 6) is -0.188. The van der Waals surface area contributed by atoms with Crippen molar-refractivity contribution >= 4 is 28.5 Å². The van der Waals surface area contributed by atoms with Crippen molar-refractivity contribution in [2.75, 3.05) is 0 Å². The van der Waals surface area contributed by atoms with Crippen LogP contribution in [0.5, 0.6) is 0 Å². The minimum atomic E-state index is -0.541. The van der Waals surface area contributed by atoms with Crippen molar-refractivity contribution < 1.29 is 9.21 Å². The lowest BCUT2D eigenvalue weighted by molar-refractivity contribution is 0.0714. The highest BCUT2D eigenvalue weighted by Crippen LogP contribution is 2.39. The maximum absolute atomic E-state index is 13.6. The van der Waals surface area contributed by atoms with Gasteiger partial charge in [-0.25, -0.2) is 0 Å². The van der Waals surface area contributed by atoms with Gasteiger partial charge in [0.2, 0.25) is 5.76 Å². The Morgan fingerprint density at radius 3 is 2.47 bits per heavy atom. The minimum Gasteiger partial charge on any atom is -0.450 e. The molecule has 160 valence electrons. The van der Waals surface area contributed by atoms with E-state index in [1.807, 2.05) is 61.5 Å². The van der Waals surface area contributed by atoms with Crippen molar-refractivity contribution in [3.8, 4) is 0 Å². The Kier molecular flexibility index (Phi) is 5.10. The highest BCUT2D eigenvalue weighted by molar-refractivity contribution is 6.31. The fourth-order valence-corrected chi connectivity index (χ4v) is 4.59. The molecule has 4 aromatic rings. The first-order chi connectivity index (χ1) is 15.5. The second-order valence-electron chi connectivity index (χ2n) is 8.20. The average Bonchev–Trinajstić information content (AvgIpc) is 3.08. The molecule has 0 spiro atoms. The zero-order valence-electron chi connectivity index (χ0n) is 17.9. The molecule has 0 aliphatic carbocycles. The van der Waals surface area contributed by atoms with Crippen LogP contribution in [0.2, 0.25) is 5.02 Å². The van der Waals surface area contributed by atoms with E-state index in [1.54, 1.807) is 17.0 Å². The first-order valence-electron chi connectivity index (χ1n) is 10.7. The van der Waals surface area contributed by atoms with Crippen LogP contribution in [0.15, 0.2) is 75.9 Å². The van der Waals surface area contributed by atoms with Gasteiger partial charge in [0.25, 0.3) is 5.91 Å². The van der Waals surface area contributed by atoms with Gasteiger partial charge in [-0.1, -0.05) is 72.6 Å². The Labute approximate surface area is 191 Å². The summed E-state index contributed by atoms with van der Waals surface area (Å²) in [5.41, 5.74) is 4.50. The highest BCUT2D eigenvalue weighted by Gasteiger charge is 2.42. The number of amides is 1. The Hall–Kier alpha value is -3.37. The van der Waals surface area contributed by atoms with Crippen molar-refractivity contribution in [3.63, 3.8) is 0 Å². The highest BCUT2D eigenvalue weighted by atomic mass is 35.5. The van der Waals surface area contributed by atoms with Gasteiger partial charge in [0.05, 0.1) is 17.0 Å². The van der Waals surface area contributed by atoms with E-state index in [1.165, 1.54) is 5.56 Å². The number of hydrogen-bond donors (Lipinski definition) is 0. The van der Waals surface area contributed by atoms with E-state index in [2.05, 4.69) is 6.92 Å². The van der Waals surface area contributed by atoms with Crippen LogP contribution < -0.4 is 5.43 Å². The lowest BCUT2D eigenvalue weighted by atomic mass is 9.96. The van der Waals surface area contributed by atoms with Crippen molar-refractivity contribution in [2.45, 2.75) is 32.9 Å². The number of carbonyl (C=O) groups is 1. The van der Waals surface area contributed by atoms with Gasteiger partial charge >= 0.3 is 0 Å². The van der Waals surface area contributed by atoms with Crippen LogP contribution in [0, 0.1) is 6.92 Å². The molecule has 0 fully saturated rings. The molecular formula is C27H22ClNO3. The molecule has 0 radical (unpaired) electrons. The number of nitrogens with zero attached hydrogens (tertiary/aromatic N) is 1. The molecule has 1 aliphatic heterocycles. The molecule has 0 saturated carbocycles. The van der Waals surface area contributed by atoms with Gasteiger partial charge in [-0.15, -0.1) is 0 Å². The lowest BCUT2D eigenvalue weighted by Crippen LogP contribution is -2.29. The third-order valence-corrected chi connectivity index (χ3v) is 6.49. The smallest absolute Gasteiger partial charge is 0.291 e. The normalized spacial score (nSPS) is 15.4. The second kappa shape index (κ2) is 7.95. The molecule has 5 heteroatoms. The third kappa shape index (κ3) is 3.32. The summed E-state index contributed by atoms with van der Waals surface area (Å²) in [6.07, 6.45) is 0.913. The lowest BCUT2D eigenvalue weighted by Gasteiger charge is -2.25. The minimum absolute atomic E-state index is 0.114. The van der Waals surface area contributed by atoms with Gasteiger partial charge in [-0.3, -0.25) is 9.59 Å². The summed E-state index contributed by atoms with van der Waals surface area (Å²) in [6, 6.07) is 20.4. The summed E-state index contributed by atoms with van der Waals surface area (Å²) < 4.78 is 6.02. The fraction of sp³-hybridized carbons (Fsp3) is 0.185. The standard InChI is InChI=1S/C27H22ClNO3/c1-3-17-9-11-18(12-10-17)24-23-25(30)20-14-16(2)8-13-22(20)32-26(23)27(31)29(24)15-19-6-4-5-7-21(19)28/h4-14,24H,3,15H2,1-2H3/t24-/m0/s1. The van der Waals surface area contributed by atoms with Gasteiger partial charge in [0.15, 0.2) is 5.43 Å². The van der Waals surface area contributed by atoms with Crippen molar-refractivity contribution in [1.29, 1.82) is 0 Å². The van der Waals surface area contributed by atoms with E-state index in [-0.39, 0.29) is 23.6 Å². The van der Waals surface area contributed by atoms with E-state index in [0.717, 1.165) is 23.1 Å². The SMILES string of the molecule is CCc1ccc([C@H]2c3c(oc4ccc(C)cc4c3=O)C(=O)N2Cc2ccccc2Cl)cc1. The number of carbonyl (C=O) groups excluding carboxylic acids is 1. The Morgan fingerprint density at radius 2 is 1.75 bits per heavy atom. The van der Waals surface area contributed by atoms with Gasteiger partial charge in [0, 0.05) is 11.6 Å². The molecule has 1 aliphatic rings. The van der Waals surface area contributed by atoms with Crippen LogP contribution >= 0.6 is 11.6 Å². The molecule has 4 nitrogen and oxygen atoms in total. The number of fused-ring (bicyclic) bond motifs is 2. The Balaban J connectivity index is 1.73. The second-order valence-corrected chi connectivity index (χ2v) is 8.60. The monoisotopic (exact) mass is 443 g/mol. The van der Waals surface area contributed by atoms with Gasteiger partial charge in [0.1, 0.15) is 5.58 Å². The maximum Gasteiger partial charge on any atom is 0.291 e. The fourth-order valence-electron chi connectivity index (χ4n) is 4.39. The molecular weight excluding hydrogens is 422 g/mol. The van der Waals surface area contributed by atoms with Crippen LogP contribution in [0.1, 0.15) is 51.3 Å².